The van der Waals surface area contributed by atoms with E-state index >= 15 is 0 Å². The second-order valence-electron chi connectivity index (χ2n) is 9.05. The molecule has 4 aromatic rings. The fourth-order valence-corrected chi connectivity index (χ4v) is 4.41. The van der Waals surface area contributed by atoms with Crippen molar-refractivity contribution in [2.24, 2.45) is 0 Å². The number of carbonyl (C=O) groups is 2. The molecule has 0 unspecified atom stereocenters. The molecular weight excluding hydrogens is 514 g/mol. The highest BCUT2D eigenvalue weighted by molar-refractivity contribution is 6.30. The van der Waals surface area contributed by atoms with E-state index in [1.54, 1.807) is 36.1 Å². The lowest BCUT2D eigenvalue weighted by atomic mass is 10.1. The van der Waals surface area contributed by atoms with Gasteiger partial charge in [-0.3, -0.25) is 4.79 Å². The van der Waals surface area contributed by atoms with Crippen LogP contribution in [-0.4, -0.2) is 46.8 Å². The predicted octanol–water partition coefficient (Wildman–Crippen LogP) is 6.78. The van der Waals surface area contributed by atoms with E-state index in [1.807, 2.05) is 68.4 Å². The SMILES string of the molecule is CCCCN(CC(=O)Nc1c(-c2ccccc2)c(C)nn1-c1ccc(OC)cc1)C(=O)Nc1cccc(Cl)c1. The van der Waals surface area contributed by atoms with E-state index in [4.69, 9.17) is 21.4 Å². The first-order chi connectivity index (χ1) is 18.9. The molecule has 0 aliphatic rings. The Labute approximate surface area is 233 Å². The molecule has 202 valence electrons. The number of urea groups is 1. The number of benzene rings is 3. The number of aromatic nitrogens is 2. The molecule has 0 aliphatic heterocycles. The van der Waals surface area contributed by atoms with E-state index in [-0.39, 0.29) is 18.5 Å². The summed E-state index contributed by atoms with van der Waals surface area (Å²) in [6.45, 7) is 4.24. The molecule has 2 N–H and O–H groups in total. The summed E-state index contributed by atoms with van der Waals surface area (Å²) >= 11 is 6.07. The van der Waals surface area contributed by atoms with Crippen LogP contribution in [-0.2, 0) is 4.79 Å². The molecule has 0 saturated heterocycles. The zero-order chi connectivity index (χ0) is 27.8. The highest BCUT2D eigenvalue weighted by Gasteiger charge is 2.23. The van der Waals surface area contributed by atoms with Gasteiger partial charge in [-0.2, -0.15) is 5.10 Å². The Kier molecular flexibility index (Phi) is 9.22. The molecule has 1 aromatic heterocycles. The number of anilines is 2. The van der Waals surface area contributed by atoms with Crippen LogP contribution in [0.25, 0.3) is 16.8 Å². The van der Waals surface area contributed by atoms with Gasteiger partial charge in [-0.15, -0.1) is 0 Å². The van der Waals surface area contributed by atoms with Crippen LogP contribution >= 0.6 is 11.6 Å². The molecule has 8 nitrogen and oxygen atoms in total. The van der Waals surface area contributed by atoms with Gasteiger partial charge in [0.25, 0.3) is 0 Å². The van der Waals surface area contributed by atoms with E-state index in [0.29, 0.717) is 28.8 Å². The van der Waals surface area contributed by atoms with Crippen molar-refractivity contribution in [3.05, 3.63) is 89.6 Å². The Morgan fingerprint density at radius 1 is 1.00 bits per heavy atom. The minimum absolute atomic E-state index is 0.131. The van der Waals surface area contributed by atoms with Gasteiger partial charge in [-0.1, -0.05) is 61.3 Å². The molecule has 0 bridgehead atoms. The maximum atomic E-state index is 13.5. The molecule has 9 heteroatoms. The Morgan fingerprint density at radius 2 is 1.74 bits per heavy atom. The zero-order valence-electron chi connectivity index (χ0n) is 22.3. The highest BCUT2D eigenvalue weighted by atomic mass is 35.5. The molecular formula is C30H32ClN5O3. The maximum absolute atomic E-state index is 13.5. The van der Waals surface area contributed by atoms with Crippen LogP contribution in [0.15, 0.2) is 78.9 Å². The third kappa shape index (κ3) is 6.97. The van der Waals surface area contributed by atoms with Crippen molar-refractivity contribution in [2.75, 3.05) is 30.8 Å². The quantitative estimate of drug-likeness (QED) is 0.230. The van der Waals surface area contributed by atoms with Crippen LogP contribution in [0.1, 0.15) is 25.5 Å². The second-order valence-corrected chi connectivity index (χ2v) is 9.49. The van der Waals surface area contributed by atoms with Crippen molar-refractivity contribution in [1.29, 1.82) is 0 Å². The van der Waals surface area contributed by atoms with Crippen LogP contribution in [0.2, 0.25) is 5.02 Å². The summed E-state index contributed by atoms with van der Waals surface area (Å²) in [5, 5.41) is 11.2. The van der Waals surface area contributed by atoms with E-state index in [0.717, 1.165) is 35.3 Å². The number of unbranched alkanes of at least 4 members (excludes halogenated alkanes) is 1. The molecule has 0 fully saturated rings. The maximum Gasteiger partial charge on any atom is 0.322 e. The smallest absolute Gasteiger partial charge is 0.322 e. The Morgan fingerprint density at radius 3 is 2.41 bits per heavy atom. The minimum Gasteiger partial charge on any atom is -0.497 e. The molecule has 0 atom stereocenters. The van der Waals surface area contributed by atoms with Crippen molar-refractivity contribution in [2.45, 2.75) is 26.7 Å². The minimum atomic E-state index is -0.371. The average Bonchev–Trinajstić information content (AvgIpc) is 3.26. The molecule has 1 heterocycles. The summed E-state index contributed by atoms with van der Waals surface area (Å²) in [6, 6.07) is 23.8. The highest BCUT2D eigenvalue weighted by Crippen LogP contribution is 2.33. The standard InChI is InChI=1S/C30H32ClN5O3/c1-4-5-18-35(30(38)32-24-13-9-12-23(31)19-24)20-27(37)33-29-28(22-10-7-6-8-11-22)21(2)34-36(29)25-14-16-26(39-3)17-15-25/h6-17,19H,4-5,18,20H2,1-3H3,(H,32,38)(H,33,37). The molecule has 3 aromatic carbocycles. The number of amides is 3. The van der Waals surface area contributed by atoms with Crippen molar-refractivity contribution >= 4 is 35.0 Å². The van der Waals surface area contributed by atoms with E-state index in [1.165, 1.54) is 4.90 Å². The number of halogens is 1. The molecule has 0 aliphatic carbocycles. The van der Waals surface area contributed by atoms with Gasteiger partial charge in [0.1, 0.15) is 18.1 Å². The van der Waals surface area contributed by atoms with Crippen LogP contribution in [0, 0.1) is 6.92 Å². The molecule has 39 heavy (non-hydrogen) atoms. The third-order valence-corrected chi connectivity index (χ3v) is 6.41. The summed E-state index contributed by atoms with van der Waals surface area (Å²) in [6.07, 6.45) is 1.64. The first kappa shape index (κ1) is 27.7. The number of aryl methyl sites for hydroxylation is 1. The number of carbonyl (C=O) groups excluding carboxylic acids is 2. The van der Waals surface area contributed by atoms with E-state index < -0.39 is 0 Å². The third-order valence-electron chi connectivity index (χ3n) is 6.18. The van der Waals surface area contributed by atoms with Crippen molar-refractivity contribution in [3.63, 3.8) is 0 Å². The van der Waals surface area contributed by atoms with Gasteiger partial charge in [0.15, 0.2) is 0 Å². The Balaban J connectivity index is 1.63. The number of ether oxygens (including phenoxy) is 1. The van der Waals surface area contributed by atoms with E-state index in [9.17, 15) is 9.59 Å². The van der Waals surface area contributed by atoms with Gasteiger partial charge in [0.05, 0.1) is 18.5 Å². The summed E-state index contributed by atoms with van der Waals surface area (Å²) in [5.41, 5.74) is 3.82. The number of methoxy groups -OCH3 is 1. The summed E-state index contributed by atoms with van der Waals surface area (Å²) < 4.78 is 7.00. The normalized spacial score (nSPS) is 10.7. The van der Waals surface area contributed by atoms with Gasteiger partial charge in [-0.05, 0) is 61.4 Å². The van der Waals surface area contributed by atoms with Crippen LogP contribution in [0.4, 0.5) is 16.3 Å². The lowest BCUT2D eigenvalue weighted by molar-refractivity contribution is -0.116. The van der Waals surface area contributed by atoms with Gasteiger partial charge < -0.3 is 20.3 Å². The summed E-state index contributed by atoms with van der Waals surface area (Å²) in [4.78, 5) is 28.1. The van der Waals surface area contributed by atoms with Crippen LogP contribution in [0.3, 0.4) is 0 Å². The number of hydrogen-bond acceptors (Lipinski definition) is 4. The van der Waals surface area contributed by atoms with Crippen molar-refractivity contribution in [1.82, 2.24) is 14.7 Å². The van der Waals surface area contributed by atoms with Gasteiger partial charge in [0, 0.05) is 22.8 Å². The Hall–Kier alpha value is -4.30. The molecule has 4 rings (SSSR count). The van der Waals surface area contributed by atoms with Crippen molar-refractivity contribution < 1.29 is 14.3 Å². The van der Waals surface area contributed by atoms with Gasteiger partial charge in [-0.25, -0.2) is 9.48 Å². The fourth-order valence-electron chi connectivity index (χ4n) is 4.22. The fraction of sp³-hybridized carbons (Fsp3) is 0.233. The summed E-state index contributed by atoms with van der Waals surface area (Å²) in [5.74, 6) is 0.910. The summed E-state index contributed by atoms with van der Waals surface area (Å²) in [7, 11) is 1.61. The number of nitrogens with zero attached hydrogens (tertiary/aromatic N) is 3. The number of nitrogens with one attached hydrogen (secondary N) is 2. The number of rotatable bonds is 10. The monoisotopic (exact) mass is 545 g/mol. The molecule has 0 spiro atoms. The lowest BCUT2D eigenvalue weighted by Gasteiger charge is -2.23. The topological polar surface area (TPSA) is 88.5 Å². The second kappa shape index (κ2) is 13.0. The van der Waals surface area contributed by atoms with E-state index in [2.05, 4.69) is 10.6 Å². The number of hydrogen-bond donors (Lipinski definition) is 2. The lowest BCUT2D eigenvalue weighted by Crippen LogP contribution is -2.41. The van der Waals surface area contributed by atoms with Crippen LogP contribution in [0.5, 0.6) is 5.75 Å². The first-order valence-corrected chi connectivity index (χ1v) is 13.2. The molecule has 0 saturated carbocycles. The van der Waals surface area contributed by atoms with Gasteiger partial charge >= 0.3 is 6.03 Å². The van der Waals surface area contributed by atoms with Crippen molar-refractivity contribution in [3.8, 4) is 22.6 Å². The zero-order valence-corrected chi connectivity index (χ0v) is 23.0. The Bertz CT molecular complexity index is 1420. The molecule has 0 radical (unpaired) electrons. The van der Waals surface area contributed by atoms with Crippen LogP contribution < -0.4 is 15.4 Å². The average molecular weight is 546 g/mol. The molecule has 3 amide bonds. The predicted molar refractivity (Wildman–Crippen MR) is 156 cm³/mol. The first-order valence-electron chi connectivity index (χ1n) is 12.8. The van der Waals surface area contributed by atoms with Gasteiger partial charge in [0.2, 0.25) is 5.91 Å². The largest absolute Gasteiger partial charge is 0.497 e.